The molecule has 1 atom stereocenters. The molecule has 0 aromatic rings. The van der Waals surface area contributed by atoms with E-state index in [2.05, 4.69) is 18.7 Å². The van der Waals surface area contributed by atoms with Crippen molar-refractivity contribution in [3.8, 4) is 0 Å². The predicted octanol–water partition coefficient (Wildman–Crippen LogP) is 2.06. The molecule has 1 heterocycles. The van der Waals surface area contributed by atoms with Gasteiger partial charge in [0.1, 0.15) is 6.04 Å². The van der Waals surface area contributed by atoms with E-state index in [0.29, 0.717) is 12.0 Å². The number of rotatable bonds is 3. The van der Waals surface area contributed by atoms with Crippen LogP contribution in [0.2, 0.25) is 0 Å². The first-order valence-electron chi connectivity index (χ1n) is 5.87. The maximum Gasteiger partial charge on any atom is 0.323 e. The Kier molecular flexibility index (Phi) is 4.14. The Balaban J connectivity index is 2.42. The minimum Gasteiger partial charge on any atom is -0.465 e. The average Bonchev–Trinajstić information content (AvgIpc) is 2.17. The van der Waals surface area contributed by atoms with Crippen molar-refractivity contribution in [2.75, 3.05) is 19.7 Å². The van der Waals surface area contributed by atoms with Gasteiger partial charge in [0.15, 0.2) is 0 Å². The van der Waals surface area contributed by atoms with Gasteiger partial charge >= 0.3 is 5.97 Å². The first kappa shape index (κ1) is 12.5. The van der Waals surface area contributed by atoms with E-state index in [1.165, 1.54) is 0 Å². The summed E-state index contributed by atoms with van der Waals surface area (Å²) in [6.45, 7) is 10.9. The normalized spacial score (nSPS) is 23.5. The van der Waals surface area contributed by atoms with Gasteiger partial charge < -0.3 is 4.74 Å². The largest absolute Gasteiger partial charge is 0.465 e. The second kappa shape index (κ2) is 4.97. The van der Waals surface area contributed by atoms with Crippen LogP contribution in [0.4, 0.5) is 0 Å². The number of carbonyl (C=O) groups excluding carboxylic acids is 1. The summed E-state index contributed by atoms with van der Waals surface area (Å²) in [4.78, 5) is 13.8. The number of hydrogen-bond donors (Lipinski definition) is 0. The van der Waals surface area contributed by atoms with Crippen molar-refractivity contribution in [1.29, 1.82) is 0 Å². The van der Waals surface area contributed by atoms with Crippen molar-refractivity contribution in [2.45, 2.75) is 46.6 Å². The number of hydrogen-bond acceptors (Lipinski definition) is 3. The minimum absolute atomic E-state index is 0.0824. The van der Waals surface area contributed by atoms with Crippen molar-refractivity contribution in [3.63, 3.8) is 0 Å². The van der Waals surface area contributed by atoms with Gasteiger partial charge in [-0.2, -0.15) is 0 Å². The number of nitrogens with zero attached hydrogens (tertiary/aromatic N) is 1. The van der Waals surface area contributed by atoms with Gasteiger partial charge in [0, 0.05) is 0 Å². The molecular formula is C12H23NO2. The van der Waals surface area contributed by atoms with E-state index < -0.39 is 0 Å². The van der Waals surface area contributed by atoms with Crippen LogP contribution in [0, 0.1) is 5.41 Å². The smallest absolute Gasteiger partial charge is 0.323 e. The number of carbonyl (C=O) groups is 1. The summed E-state index contributed by atoms with van der Waals surface area (Å²) < 4.78 is 5.03. The predicted molar refractivity (Wildman–Crippen MR) is 60.7 cm³/mol. The van der Waals surface area contributed by atoms with E-state index in [-0.39, 0.29) is 12.0 Å². The summed E-state index contributed by atoms with van der Waals surface area (Å²) in [5.74, 6) is -0.0859. The number of likely N-dealkylation sites (tertiary alicyclic amines) is 1. The van der Waals surface area contributed by atoms with Gasteiger partial charge in [-0.05, 0) is 45.2 Å². The van der Waals surface area contributed by atoms with E-state index in [1.54, 1.807) is 0 Å². The molecule has 1 aliphatic heterocycles. The third-order valence-electron chi connectivity index (χ3n) is 3.33. The molecule has 0 radical (unpaired) electrons. The summed E-state index contributed by atoms with van der Waals surface area (Å²) in [6, 6.07) is -0.0824. The number of ether oxygens (including phenoxy) is 1. The lowest BCUT2D eigenvalue weighted by Crippen LogP contribution is -2.46. The third kappa shape index (κ3) is 3.49. The molecule has 0 spiro atoms. The fraction of sp³-hybridized carbons (Fsp3) is 0.917. The van der Waals surface area contributed by atoms with Crippen LogP contribution in [0.1, 0.15) is 40.5 Å². The first-order valence-corrected chi connectivity index (χ1v) is 5.87. The molecule has 0 amide bonds. The van der Waals surface area contributed by atoms with Crippen LogP contribution < -0.4 is 0 Å². The van der Waals surface area contributed by atoms with Crippen LogP contribution in [-0.4, -0.2) is 36.6 Å². The van der Waals surface area contributed by atoms with Crippen LogP contribution in [0.15, 0.2) is 0 Å². The molecule has 0 aliphatic carbocycles. The van der Waals surface area contributed by atoms with E-state index in [1.807, 2.05) is 13.8 Å². The van der Waals surface area contributed by atoms with Gasteiger partial charge in [0.2, 0.25) is 0 Å². The van der Waals surface area contributed by atoms with Crippen molar-refractivity contribution in [2.24, 2.45) is 5.41 Å². The molecule has 1 aliphatic rings. The van der Waals surface area contributed by atoms with Crippen molar-refractivity contribution >= 4 is 5.97 Å². The highest BCUT2D eigenvalue weighted by molar-refractivity contribution is 5.75. The SMILES string of the molecule is CCOC(=O)C(C)N1CCC(C)(C)CC1. The highest BCUT2D eigenvalue weighted by Crippen LogP contribution is 2.30. The molecule has 0 aromatic heterocycles. The zero-order chi connectivity index (χ0) is 11.5. The molecule has 3 heteroatoms. The summed E-state index contributed by atoms with van der Waals surface area (Å²) in [7, 11) is 0. The van der Waals surface area contributed by atoms with Crippen LogP contribution >= 0.6 is 0 Å². The molecular weight excluding hydrogens is 190 g/mol. The number of esters is 1. The van der Waals surface area contributed by atoms with E-state index in [9.17, 15) is 4.79 Å². The molecule has 88 valence electrons. The summed E-state index contributed by atoms with van der Waals surface area (Å²) >= 11 is 0. The second-order valence-corrected chi connectivity index (χ2v) is 5.13. The van der Waals surface area contributed by atoms with Gasteiger partial charge in [-0.15, -0.1) is 0 Å². The zero-order valence-corrected chi connectivity index (χ0v) is 10.4. The van der Waals surface area contributed by atoms with Gasteiger partial charge in [0.25, 0.3) is 0 Å². The fourth-order valence-electron chi connectivity index (χ4n) is 1.93. The standard InChI is InChI=1S/C12H23NO2/c1-5-15-11(14)10(2)13-8-6-12(3,4)7-9-13/h10H,5-9H2,1-4H3. The lowest BCUT2D eigenvalue weighted by Gasteiger charge is -2.39. The maximum absolute atomic E-state index is 11.5. The molecule has 1 fully saturated rings. The molecule has 1 rings (SSSR count). The van der Waals surface area contributed by atoms with Gasteiger partial charge in [-0.25, -0.2) is 0 Å². The highest BCUT2D eigenvalue weighted by atomic mass is 16.5. The third-order valence-corrected chi connectivity index (χ3v) is 3.33. The van der Waals surface area contributed by atoms with Crippen LogP contribution in [-0.2, 0) is 9.53 Å². The topological polar surface area (TPSA) is 29.5 Å². The van der Waals surface area contributed by atoms with Gasteiger partial charge in [-0.1, -0.05) is 13.8 Å². The molecule has 0 aromatic carbocycles. The monoisotopic (exact) mass is 213 g/mol. The fourth-order valence-corrected chi connectivity index (χ4v) is 1.93. The Morgan fingerprint density at radius 1 is 1.40 bits per heavy atom. The van der Waals surface area contributed by atoms with Crippen LogP contribution in [0.5, 0.6) is 0 Å². The van der Waals surface area contributed by atoms with E-state index in [0.717, 1.165) is 25.9 Å². The van der Waals surface area contributed by atoms with Crippen LogP contribution in [0.3, 0.4) is 0 Å². The van der Waals surface area contributed by atoms with Gasteiger partial charge in [-0.3, -0.25) is 9.69 Å². The Bertz CT molecular complexity index is 216. The average molecular weight is 213 g/mol. The van der Waals surface area contributed by atoms with E-state index in [4.69, 9.17) is 4.74 Å². The Labute approximate surface area is 92.8 Å². The lowest BCUT2D eigenvalue weighted by atomic mass is 9.82. The Morgan fingerprint density at radius 2 is 1.93 bits per heavy atom. The summed E-state index contributed by atoms with van der Waals surface area (Å²) in [5.41, 5.74) is 0.435. The highest BCUT2D eigenvalue weighted by Gasteiger charge is 2.30. The molecule has 0 saturated carbocycles. The molecule has 15 heavy (non-hydrogen) atoms. The molecule has 0 bridgehead atoms. The molecule has 0 N–H and O–H groups in total. The molecule has 1 saturated heterocycles. The van der Waals surface area contributed by atoms with Gasteiger partial charge in [0.05, 0.1) is 6.61 Å². The van der Waals surface area contributed by atoms with Crippen LogP contribution in [0.25, 0.3) is 0 Å². The Morgan fingerprint density at radius 3 is 2.40 bits per heavy atom. The zero-order valence-electron chi connectivity index (χ0n) is 10.4. The summed E-state index contributed by atoms with van der Waals surface area (Å²) in [5, 5.41) is 0. The first-order chi connectivity index (χ1) is 6.96. The lowest BCUT2D eigenvalue weighted by molar-refractivity contribution is -0.149. The molecule has 3 nitrogen and oxygen atoms in total. The summed E-state index contributed by atoms with van der Waals surface area (Å²) in [6.07, 6.45) is 2.33. The van der Waals surface area contributed by atoms with Crippen molar-refractivity contribution in [1.82, 2.24) is 4.90 Å². The minimum atomic E-state index is -0.0859. The van der Waals surface area contributed by atoms with Crippen molar-refractivity contribution < 1.29 is 9.53 Å². The number of piperidine rings is 1. The van der Waals surface area contributed by atoms with E-state index >= 15 is 0 Å². The quantitative estimate of drug-likeness (QED) is 0.672. The maximum atomic E-state index is 11.5. The second-order valence-electron chi connectivity index (χ2n) is 5.13. The molecule has 1 unspecified atom stereocenters. The van der Waals surface area contributed by atoms with Crippen molar-refractivity contribution in [3.05, 3.63) is 0 Å². The Hall–Kier alpha value is -0.570.